The van der Waals surface area contributed by atoms with Crippen molar-refractivity contribution in [3.63, 3.8) is 0 Å². The molecule has 0 unspecified atom stereocenters. The van der Waals surface area contributed by atoms with Gasteiger partial charge in [-0.25, -0.2) is 0 Å². The van der Waals surface area contributed by atoms with Gasteiger partial charge in [-0.1, -0.05) is 26.0 Å². The lowest BCUT2D eigenvalue weighted by atomic mass is 10.0. The Kier molecular flexibility index (Phi) is 3.92. The Balaban J connectivity index is 2.54. The Morgan fingerprint density at radius 1 is 1.33 bits per heavy atom. The van der Waals surface area contributed by atoms with Gasteiger partial charge in [0.15, 0.2) is 0 Å². The van der Waals surface area contributed by atoms with E-state index < -0.39 is 0 Å². The number of allylic oxidation sites excluding steroid dienone is 3. The van der Waals surface area contributed by atoms with Crippen LogP contribution in [-0.4, -0.2) is 6.61 Å². The fourth-order valence-electron chi connectivity index (χ4n) is 1.53. The normalized spacial score (nSPS) is 17.1. The fraction of sp³-hybridized carbons (Fsp3) is 0.636. The molecule has 0 amide bonds. The minimum Gasteiger partial charge on any atom is -0.494 e. The van der Waals surface area contributed by atoms with Gasteiger partial charge < -0.3 is 4.74 Å². The zero-order valence-electron chi connectivity index (χ0n) is 8.05. The standard InChI is InChI=1S/C11H18O/c1-3-10(4-2)11-8-6-5-7-9-12-11/h5,7-8,10H,3-4,6,9H2,1-2H3. The van der Waals surface area contributed by atoms with Crippen molar-refractivity contribution >= 4 is 0 Å². The van der Waals surface area contributed by atoms with Gasteiger partial charge >= 0.3 is 0 Å². The third-order valence-electron chi connectivity index (χ3n) is 2.36. The molecule has 12 heavy (non-hydrogen) atoms. The van der Waals surface area contributed by atoms with Crippen LogP contribution in [-0.2, 0) is 4.74 Å². The average Bonchev–Trinajstić information content (AvgIpc) is 2.35. The SMILES string of the molecule is CCC(CC)C1=CCC=CCO1. The van der Waals surface area contributed by atoms with Crippen LogP contribution in [0, 0.1) is 5.92 Å². The minimum absolute atomic E-state index is 0.630. The highest BCUT2D eigenvalue weighted by molar-refractivity contribution is 5.05. The molecule has 1 aliphatic heterocycles. The molecular formula is C11H18O. The molecule has 0 aromatic carbocycles. The van der Waals surface area contributed by atoms with Gasteiger partial charge in [-0.3, -0.25) is 0 Å². The first-order chi connectivity index (χ1) is 5.88. The Morgan fingerprint density at radius 2 is 2.08 bits per heavy atom. The largest absolute Gasteiger partial charge is 0.494 e. The molecule has 0 bridgehead atoms. The summed E-state index contributed by atoms with van der Waals surface area (Å²) in [5, 5.41) is 0. The van der Waals surface area contributed by atoms with Gasteiger partial charge in [0.25, 0.3) is 0 Å². The highest BCUT2D eigenvalue weighted by atomic mass is 16.5. The van der Waals surface area contributed by atoms with E-state index in [9.17, 15) is 0 Å². The van der Waals surface area contributed by atoms with E-state index in [4.69, 9.17) is 4.74 Å². The molecule has 0 spiro atoms. The lowest BCUT2D eigenvalue weighted by Gasteiger charge is -2.16. The van der Waals surface area contributed by atoms with Crippen molar-refractivity contribution in [1.29, 1.82) is 0 Å². The van der Waals surface area contributed by atoms with E-state index in [1.807, 2.05) is 0 Å². The second-order valence-electron chi connectivity index (χ2n) is 3.14. The summed E-state index contributed by atoms with van der Waals surface area (Å²) in [6.07, 6.45) is 9.86. The van der Waals surface area contributed by atoms with Crippen LogP contribution in [0.25, 0.3) is 0 Å². The fourth-order valence-corrected chi connectivity index (χ4v) is 1.53. The quantitative estimate of drug-likeness (QED) is 0.585. The van der Waals surface area contributed by atoms with Gasteiger partial charge in [-0.2, -0.15) is 0 Å². The van der Waals surface area contributed by atoms with E-state index in [1.54, 1.807) is 0 Å². The van der Waals surface area contributed by atoms with Crippen molar-refractivity contribution in [3.05, 3.63) is 24.0 Å². The van der Waals surface area contributed by atoms with Crippen molar-refractivity contribution in [1.82, 2.24) is 0 Å². The van der Waals surface area contributed by atoms with E-state index in [2.05, 4.69) is 32.1 Å². The summed E-state index contributed by atoms with van der Waals surface area (Å²) in [6.45, 7) is 5.19. The highest BCUT2D eigenvalue weighted by Gasteiger charge is 2.11. The molecule has 1 aliphatic rings. The summed E-state index contributed by atoms with van der Waals surface area (Å²) in [5.74, 6) is 1.83. The summed E-state index contributed by atoms with van der Waals surface area (Å²) >= 11 is 0. The number of rotatable bonds is 3. The maximum Gasteiger partial charge on any atom is 0.106 e. The van der Waals surface area contributed by atoms with Gasteiger partial charge in [0.2, 0.25) is 0 Å². The van der Waals surface area contributed by atoms with E-state index in [1.165, 1.54) is 18.6 Å². The van der Waals surface area contributed by atoms with Crippen LogP contribution in [0.5, 0.6) is 0 Å². The monoisotopic (exact) mass is 166 g/mol. The van der Waals surface area contributed by atoms with Crippen molar-refractivity contribution in [2.24, 2.45) is 5.92 Å². The van der Waals surface area contributed by atoms with Crippen LogP contribution in [0.3, 0.4) is 0 Å². The zero-order valence-corrected chi connectivity index (χ0v) is 8.05. The van der Waals surface area contributed by atoms with Crippen LogP contribution in [0.2, 0.25) is 0 Å². The first-order valence-corrected chi connectivity index (χ1v) is 4.86. The molecule has 0 N–H and O–H groups in total. The van der Waals surface area contributed by atoms with Gasteiger partial charge in [0.05, 0.1) is 5.76 Å². The molecule has 0 aromatic rings. The number of ether oxygens (including phenoxy) is 1. The van der Waals surface area contributed by atoms with Gasteiger partial charge in [0.1, 0.15) is 6.61 Å². The minimum atomic E-state index is 0.630. The summed E-state index contributed by atoms with van der Waals surface area (Å²) in [5.41, 5.74) is 0. The van der Waals surface area contributed by atoms with Gasteiger partial charge in [-0.05, 0) is 25.3 Å². The summed E-state index contributed by atoms with van der Waals surface area (Å²) in [6, 6.07) is 0. The third-order valence-corrected chi connectivity index (χ3v) is 2.36. The highest BCUT2D eigenvalue weighted by Crippen LogP contribution is 2.21. The lowest BCUT2D eigenvalue weighted by Crippen LogP contribution is -2.05. The second-order valence-corrected chi connectivity index (χ2v) is 3.14. The van der Waals surface area contributed by atoms with Crippen LogP contribution in [0.1, 0.15) is 33.1 Å². The second kappa shape index (κ2) is 5.02. The van der Waals surface area contributed by atoms with E-state index in [-0.39, 0.29) is 0 Å². The molecule has 1 rings (SSSR count). The Hall–Kier alpha value is -0.720. The van der Waals surface area contributed by atoms with Crippen LogP contribution in [0.15, 0.2) is 24.0 Å². The molecular weight excluding hydrogens is 148 g/mol. The van der Waals surface area contributed by atoms with Gasteiger partial charge in [-0.15, -0.1) is 0 Å². The predicted molar refractivity (Wildman–Crippen MR) is 51.9 cm³/mol. The zero-order chi connectivity index (χ0) is 8.81. The first-order valence-electron chi connectivity index (χ1n) is 4.86. The molecule has 0 atom stereocenters. The summed E-state index contributed by atoms with van der Waals surface area (Å²) in [7, 11) is 0. The van der Waals surface area contributed by atoms with Crippen molar-refractivity contribution in [2.75, 3.05) is 6.61 Å². The number of hydrogen-bond donors (Lipinski definition) is 0. The predicted octanol–water partition coefficient (Wildman–Crippen LogP) is 3.28. The molecule has 0 saturated heterocycles. The molecule has 1 heterocycles. The Morgan fingerprint density at radius 3 is 2.75 bits per heavy atom. The summed E-state index contributed by atoms with van der Waals surface area (Å²) < 4.78 is 5.62. The number of hydrogen-bond acceptors (Lipinski definition) is 1. The molecule has 0 aliphatic carbocycles. The molecule has 0 fully saturated rings. The average molecular weight is 166 g/mol. The van der Waals surface area contributed by atoms with Crippen molar-refractivity contribution < 1.29 is 4.74 Å². The molecule has 1 nitrogen and oxygen atoms in total. The maximum absolute atomic E-state index is 5.62. The Labute approximate surface area is 75.1 Å². The first kappa shape index (κ1) is 9.37. The molecule has 1 heteroatoms. The van der Waals surface area contributed by atoms with Crippen molar-refractivity contribution in [2.45, 2.75) is 33.1 Å². The summed E-state index contributed by atoms with van der Waals surface area (Å²) in [4.78, 5) is 0. The van der Waals surface area contributed by atoms with E-state index in [0.29, 0.717) is 5.92 Å². The van der Waals surface area contributed by atoms with E-state index >= 15 is 0 Å². The lowest BCUT2D eigenvalue weighted by molar-refractivity contribution is 0.201. The van der Waals surface area contributed by atoms with Crippen LogP contribution >= 0.6 is 0 Å². The van der Waals surface area contributed by atoms with Gasteiger partial charge in [0, 0.05) is 5.92 Å². The smallest absolute Gasteiger partial charge is 0.106 e. The molecule has 0 saturated carbocycles. The third kappa shape index (κ3) is 2.40. The maximum atomic E-state index is 5.62. The Bertz CT molecular complexity index is 175. The topological polar surface area (TPSA) is 9.23 Å². The van der Waals surface area contributed by atoms with Crippen molar-refractivity contribution in [3.8, 4) is 0 Å². The molecule has 0 radical (unpaired) electrons. The van der Waals surface area contributed by atoms with Crippen LogP contribution in [0.4, 0.5) is 0 Å². The van der Waals surface area contributed by atoms with E-state index in [0.717, 1.165) is 13.0 Å². The molecule has 0 aromatic heterocycles. The van der Waals surface area contributed by atoms with Crippen LogP contribution < -0.4 is 0 Å². The molecule has 68 valence electrons.